The predicted molar refractivity (Wildman–Crippen MR) is 61.4 cm³/mol. The summed E-state index contributed by atoms with van der Waals surface area (Å²) in [7, 11) is 0. The van der Waals surface area contributed by atoms with Gasteiger partial charge in [-0.3, -0.25) is 4.98 Å². The summed E-state index contributed by atoms with van der Waals surface area (Å²) in [5, 5.41) is 0. The molecule has 0 bridgehead atoms. The second-order valence-corrected chi connectivity index (χ2v) is 3.65. The molecule has 0 aliphatic heterocycles. The zero-order valence-electron chi connectivity index (χ0n) is 8.72. The third-order valence-electron chi connectivity index (χ3n) is 2.41. The molecule has 2 N–H and O–H groups in total. The molecule has 0 aliphatic carbocycles. The SMILES string of the molecule is Cc1ccnc(C(N)c2ccccc2)c1. The summed E-state index contributed by atoms with van der Waals surface area (Å²) in [6.07, 6.45) is 1.80. The van der Waals surface area contributed by atoms with Gasteiger partial charge in [0.15, 0.2) is 0 Å². The van der Waals surface area contributed by atoms with Gasteiger partial charge in [0.1, 0.15) is 0 Å². The smallest absolute Gasteiger partial charge is 0.0726 e. The first kappa shape index (κ1) is 9.87. The Bertz CT molecular complexity index is 437. The van der Waals surface area contributed by atoms with Crippen LogP contribution in [0.15, 0.2) is 48.7 Å². The summed E-state index contributed by atoms with van der Waals surface area (Å²) >= 11 is 0. The zero-order valence-corrected chi connectivity index (χ0v) is 8.72. The average Bonchev–Trinajstić information content (AvgIpc) is 2.29. The first-order chi connectivity index (χ1) is 7.27. The zero-order chi connectivity index (χ0) is 10.7. The minimum absolute atomic E-state index is 0.133. The number of aryl methyl sites for hydroxylation is 1. The van der Waals surface area contributed by atoms with E-state index in [9.17, 15) is 0 Å². The van der Waals surface area contributed by atoms with Gasteiger partial charge in [0.25, 0.3) is 0 Å². The summed E-state index contributed by atoms with van der Waals surface area (Å²) in [5.74, 6) is 0. The van der Waals surface area contributed by atoms with Gasteiger partial charge in [-0.2, -0.15) is 0 Å². The maximum absolute atomic E-state index is 6.12. The molecular weight excluding hydrogens is 184 g/mol. The Morgan fingerprint density at radius 2 is 1.87 bits per heavy atom. The van der Waals surface area contributed by atoms with Crippen LogP contribution in [-0.2, 0) is 0 Å². The summed E-state index contributed by atoms with van der Waals surface area (Å²) in [6, 6.07) is 13.9. The van der Waals surface area contributed by atoms with E-state index in [4.69, 9.17) is 5.73 Å². The Morgan fingerprint density at radius 3 is 2.53 bits per heavy atom. The molecule has 0 amide bonds. The monoisotopic (exact) mass is 198 g/mol. The number of hydrogen-bond acceptors (Lipinski definition) is 2. The highest BCUT2D eigenvalue weighted by molar-refractivity contribution is 5.28. The van der Waals surface area contributed by atoms with Crippen molar-refractivity contribution in [3.63, 3.8) is 0 Å². The van der Waals surface area contributed by atoms with Crippen LogP contribution in [0.25, 0.3) is 0 Å². The van der Waals surface area contributed by atoms with Gasteiger partial charge >= 0.3 is 0 Å². The Hall–Kier alpha value is -1.67. The molecule has 0 saturated heterocycles. The van der Waals surface area contributed by atoms with Crippen LogP contribution in [0.1, 0.15) is 22.9 Å². The van der Waals surface area contributed by atoms with Crippen LogP contribution in [0.5, 0.6) is 0 Å². The van der Waals surface area contributed by atoms with Gasteiger partial charge in [-0.25, -0.2) is 0 Å². The topological polar surface area (TPSA) is 38.9 Å². The summed E-state index contributed by atoms with van der Waals surface area (Å²) < 4.78 is 0. The van der Waals surface area contributed by atoms with Crippen molar-refractivity contribution in [2.75, 3.05) is 0 Å². The molecule has 2 aromatic rings. The van der Waals surface area contributed by atoms with Crippen molar-refractivity contribution >= 4 is 0 Å². The molecule has 0 aliphatic rings. The van der Waals surface area contributed by atoms with Crippen molar-refractivity contribution < 1.29 is 0 Å². The van der Waals surface area contributed by atoms with Crippen LogP contribution in [0.2, 0.25) is 0 Å². The normalized spacial score (nSPS) is 12.4. The summed E-state index contributed by atoms with van der Waals surface area (Å²) in [6.45, 7) is 2.04. The van der Waals surface area contributed by atoms with Crippen LogP contribution >= 0.6 is 0 Å². The van der Waals surface area contributed by atoms with Gasteiger partial charge < -0.3 is 5.73 Å². The highest BCUT2D eigenvalue weighted by Gasteiger charge is 2.08. The molecule has 0 saturated carbocycles. The number of pyridine rings is 1. The minimum atomic E-state index is -0.133. The van der Waals surface area contributed by atoms with Crippen LogP contribution in [-0.4, -0.2) is 4.98 Å². The van der Waals surface area contributed by atoms with Gasteiger partial charge in [0, 0.05) is 6.20 Å². The number of rotatable bonds is 2. The fourth-order valence-electron chi connectivity index (χ4n) is 1.56. The highest BCUT2D eigenvalue weighted by atomic mass is 14.8. The Balaban J connectivity index is 2.32. The molecule has 1 atom stereocenters. The fourth-order valence-corrected chi connectivity index (χ4v) is 1.56. The van der Waals surface area contributed by atoms with E-state index in [1.807, 2.05) is 49.4 Å². The number of nitrogens with two attached hydrogens (primary N) is 1. The third kappa shape index (κ3) is 2.22. The van der Waals surface area contributed by atoms with Gasteiger partial charge in [-0.15, -0.1) is 0 Å². The predicted octanol–water partition coefficient (Wildman–Crippen LogP) is 2.44. The number of aromatic nitrogens is 1. The van der Waals surface area contributed by atoms with Gasteiger partial charge in [-0.1, -0.05) is 30.3 Å². The fraction of sp³-hybridized carbons (Fsp3) is 0.154. The molecule has 2 heteroatoms. The summed E-state index contributed by atoms with van der Waals surface area (Å²) in [4.78, 5) is 4.29. The lowest BCUT2D eigenvalue weighted by molar-refractivity contribution is 0.826. The molecule has 1 aromatic heterocycles. The van der Waals surface area contributed by atoms with E-state index in [2.05, 4.69) is 4.98 Å². The number of hydrogen-bond donors (Lipinski definition) is 1. The Kier molecular flexibility index (Phi) is 2.79. The van der Waals surface area contributed by atoms with Gasteiger partial charge in [0.2, 0.25) is 0 Å². The molecule has 0 spiro atoms. The Labute approximate surface area is 89.8 Å². The van der Waals surface area contributed by atoms with E-state index in [1.54, 1.807) is 6.20 Å². The van der Waals surface area contributed by atoms with Crippen molar-refractivity contribution in [2.45, 2.75) is 13.0 Å². The van der Waals surface area contributed by atoms with Gasteiger partial charge in [0.05, 0.1) is 11.7 Å². The van der Waals surface area contributed by atoms with E-state index in [1.165, 1.54) is 5.56 Å². The number of benzene rings is 1. The summed E-state index contributed by atoms with van der Waals surface area (Å²) in [5.41, 5.74) is 9.32. The van der Waals surface area contributed by atoms with E-state index in [0.29, 0.717) is 0 Å². The first-order valence-corrected chi connectivity index (χ1v) is 5.00. The molecule has 1 aromatic carbocycles. The molecule has 15 heavy (non-hydrogen) atoms. The van der Waals surface area contributed by atoms with Crippen LogP contribution < -0.4 is 5.73 Å². The first-order valence-electron chi connectivity index (χ1n) is 5.00. The lowest BCUT2D eigenvalue weighted by Crippen LogP contribution is -2.13. The number of nitrogens with zero attached hydrogens (tertiary/aromatic N) is 1. The van der Waals surface area contributed by atoms with Crippen LogP contribution in [0.4, 0.5) is 0 Å². The maximum Gasteiger partial charge on any atom is 0.0726 e. The molecule has 2 nitrogen and oxygen atoms in total. The van der Waals surface area contributed by atoms with E-state index < -0.39 is 0 Å². The highest BCUT2D eigenvalue weighted by Crippen LogP contribution is 2.17. The van der Waals surface area contributed by atoms with Crippen molar-refractivity contribution in [3.05, 3.63) is 65.5 Å². The second-order valence-electron chi connectivity index (χ2n) is 3.65. The molecular formula is C13H14N2. The van der Waals surface area contributed by atoms with Crippen molar-refractivity contribution in [1.29, 1.82) is 0 Å². The standard InChI is InChI=1S/C13H14N2/c1-10-7-8-15-12(9-10)13(14)11-5-3-2-4-6-11/h2-9,13H,14H2,1H3. The molecule has 0 radical (unpaired) electrons. The third-order valence-corrected chi connectivity index (χ3v) is 2.41. The lowest BCUT2D eigenvalue weighted by Gasteiger charge is -2.11. The van der Waals surface area contributed by atoms with Crippen molar-refractivity contribution in [1.82, 2.24) is 4.98 Å². The average molecular weight is 198 g/mol. The van der Waals surface area contributed by atoms with E-state index in [0.717, 1.165) is 11.3 Å². The van der Waals surface area contributed by atoms with Crippen molar-refractivity contribution in [3.8, 4) is 0 Å². The molecule has 76 valence electrons. The quantitative estimate of drug-likeness (QED) is 0.805. The molecule has 1 unspecified atom stereocenters. The second kappa shape index (κ2) is 4.24. The Morgan fingerprint density at radius 1 is 1.13 bits per heavy atom. The molecule has 1 heterocycles. The van der Waals surface area contributed by atoms with Crippen molar-refractivity contribution in [2.24, 2.45) is 5.73 Å². The van der Waals surface area contributed by atoms with Crippen LogP contribution in [0.3, 0.4) is 0 Å². The van der Waals surface area contributed by atoms with Gasteiger partial charge in [-0.05, 0) is 30.2 Å². The molecule has 0 fully saturated rings. The minimum Gasteiger partial charge on any atom is -0.319 e. The lowest BCUT2D eigenvalue weighted by atomic mass is 10.0. The van der Waals surface area contributed by atoms with E-state index in [-0.39, 0.29) is 6.04 Å². The largest absolute Gasteiger partial charge is 0.319 e. The van der Waals surface area contributed by atoms with Crippen LogP contribution in [0, 0.1) is 6.92 Å². The maximum atomic E-state index is 6.12. The van der Waals surface area contributed by atoms with E-state index >= 15 is 0 Å². The molecule has 2 rings (SSSR count).